The third-order valence-corrected chi connectivity index (χ3v) is 5.03. The maximum atomic E-state index is 13.2. The number of fused-ring (bicyclic) bond motifs is 2. The number of amides is 1. The highest BCUT2D eigenvalue weighted by Gasteiger charge is 2.25. The summed E-state index contributed by atoms with van der Waals surface area (Å²) >= 11 is 0. The van der Waals surface area contributed by atoms with Gasteiger partial charge in [0.1, 0.15) is 18.8 Å². The van der Waals surface area contributed by atoms with Crippen LogP contribution in [0.1, 0.15) is 34.2 Å². The van der Waals surface area contributed by atoms with Gasteiger partial charge in [0.2, 0.25) is 0 Å². The molecule has 27 heavy (non-hydrogen) atoms. The summed E-state index contributed by atoms with van der Waals surface area (Å²) in [4.78, 5) is 15.0. The van der Waals surface area contributed by atoms with Gasteiger partial charge in [-0.2, -0.15) is 0 Å². The van der Waals surface area contributed by atoms with Crippen molar-refractivity contribution in [2.45, 2.75) is 27.3 Å². The minimum absolute atomic E-state index is 0.111. The van der Waals surface area contributed by atoms with Crippen molar-refractivity contribution in [2.75, 3.05) is 19.8 Å². The molecule has 0 spiro atoms. The molecular formula is C22H23NO4. The first kappa shape index (κ1) is 17.5. The van der Waals surface area contributed by atoms with Gasteiger partial charge in [0, 0.05) is 29.6 Å². The average Bonchev–Trinajstić information content (AvgIpc) is 3.04. The maximum absolute atomic E-state index is 13.2. The van der Waals surface area contributed by atoms with Crippen LogP contribution in [0, 0.1) is 13.8 Å². The Labute approximate surface area is 158 Å². The molecule has 0 fully saturated rings. The fourth-order valence-electron chi connectivity index (χ4n) is 3.52. The highest BCUT2D eigenvalue weighted by molar-refractivity contribution is 5.99. The SMILES string of the molecule is CCN(Cc1cccc2c1OCCO2)C(=O)c1oc2c(C)cccc2c1C. The van der Waals surface area contributed by atoms with Gasteiger partial charge in [0.15, 0.2) is 17.3 Å². The van der Waals surface area contributed by atoms with Crippen LogP contribution in [0.15, 0.2) is 40.8 Å². The Kier molecular flexibility index (Phi) is 4.52. The van der Waals surface area contributed by atoms with E-state index in [-0.39, 0.29) is 5.91 Å². The van der Waals surface area contributed by atoms with E-state index >= 15 is 0 Å². The molecule has 1 aliphatic rings. The zero-order valence-electron chi connectivity index (χ0n) is 15.9. The fourth-order valence-corrected chi connectivity index (χ4v) is 3.52. The zero-order chi connectivity index (χ0) is 19.0. The van der Waals surface area contributed by atoms with Gasteiger partial charge < -0.3 is 18.8 Å². The number of furan rings is 1. The van der Waals surface area contributed by atoms with E-state index in [4.69, 9.17) is 13.9 Å². The second-order valence-electron chi connectivity index (χ2n) is 6.77. The third kappa shape index (κ3) is 3.03. The lowest BCUT2D eigenvalue weighted by molar-refractivity contribution is 0.0718. The van der Waals surface area contributed by atoms with E-state index in [1.165, 1.54) is 0 Å². The summed E-state index contributed by atoms with van der Waals surface area (Å²) in [6.45, 7) is 7.97. The van der Waals surface area contributed by atoms with Crippen molar-refractivity contribution in [1.82, 2.24) is 4.90 Å². The Bertz CT molecular complexity index is 1000. The van der Waals surface area contributed by atoms with Crippen molar-refractivity contribution in [3.8, 4) is 11.5 Å². The molecule has 0 atom stereocenters. The van der Waals surface area contributed by atoms with E-state index < -0.39 is 0 Å². The molecule has 0 saturated heterocycles. The molecule has 0 saturated carbocycles. The van der Waals surface area contributed by atoms with Gasteiger partial charge in [-0.1, -0.05) is 30.3 Å². The standard InChI is InChI=1S/C22H23NO4/c1-4-23(13-16-8-6-10-18-21(16)26-12-11-25-18)22(24)20-15(3)17-9-5-7-14(2)19(17)27-20/h5-10H,4,11-13H2,1-3H3. The first-order chi connectivity index (χ1) is 13.1. The van der Waals surface area contributed by atoms with Gasteiger partial charge in [-0.25, -0.2) is 0 Å². The summed E-state index contributed by atoms with van der Waals surface area (Å²) in [5.41, 5.74) is 3.63. The lowest BCUT2D eigenvalue weighted by Gasteiger charge is -2.25. The van der Waals surface area contributed by atoms with Gasteiger partial charge >= 0.3 is 0 Å². The van der Waals surface area contributed by atoms with Gasteiger partial charge in [0.05, 0.1) is 0 Å². The Morgan fingerprint density at radius 2 is 1.85 bits per heavy atom. The second kappa shape index (κ2) is 6.99. The van der Waals surface area contributed by atoms with Crippen molar-refractivity contribution in [3.63, 3.8) is 0 Å². The van der Waals surface area contributed by atoms with Crippen molar-refractivity contribution in [2.24, 2.45) is 0 Å². The van der Waals surface area contributed by atoms with Crippen LogP contribution in [0.3, 0.4) is 0 Å². The lowest BCUT2D eigenvalue weighted by Crippen LogP contribution is -2.31. The minimum Gasteiger partial charge on any atom is -0.486 e. The molecular weight excluding hydrogens is 342 g/mol. The van der Waals surface area contributed by atoms with Crippen molar-refractivity contribution in [1.29, 1.82) is 0 Å². The second-order valence-corrected chi connectivity index (χ2v) is 6.77. The summed E-state index contributed by atoms with van der Waals surface area (Å²) in [5, 5.41) is 0.989. The van der Waals surface area contributed by atoms with Gasteiger partial charge in [-0.05, 0) is 32.4 Å². The van der Waals surface area contributed by atoms with E-state index in [9.17, 15) is 4.79 Å². The monoisotopic (exact) mass is 365 g/mol. The smallest absolute Gasteiger partial charge is 0.290 e. The van der Waals surface area contributed by atoms with Gasteiger partial charge in [-0.3, -0.25) is 4.79 Å². The molecule has 3 aromatic rings. The van der Waals surface area contributed by atoms with Crippen molar-refractivity contribution < 1.29 is 18.7 Å². The molecule has 4 rings (SSSR count). The number of hydrogen-bond donors (Lipinski definition) is 0. The first-order valence-corrected chi connectivity index (χ1v) is 9.25. The predicted octanol–water partition coefficient (Wildman–Crippen LogP) is 4.48. The Balaban J connectivity index is 1.67. The minimum atomic E-state index is -0.111. The Hall–Kier alpha value is -2.95. The molecule has 1 amide bonds. The molecule has 5 heteroatoms. The number of carbonyl (C=O) groups is 1. The fraction of sp³-hybridized carbons (Fsp3) is 0.318. The molecule has 0 bridgehead atoms. The average molecular weight is 365 g/mol. The maximum Gasteiger partial charge on any atom is 0.290 e. The zero-order valence-corrected chi connectivity index (χ0v) is 15.9. The van der Waals surface area contributed by atoms with E-state index in [0.717, 1.165) is 39.2 Å². The molecule has 5 nitrogen and oxygen atoms in total. The van der Waals surface area contributed by atoms with Gasteiger partial charge in [0.25, 0.3) is 5.91 Å². The van der Waals surface area contributed by atoms with Crippen LogP contribution in [-0.4, -0.2) is 30.6 Å². The molecule has 2 aromatic carbocycles. The van der Waals surface area contributed by atoms with Crippen LogP contribution in [-0.2, 0) is 6.54 Å². The summed E-state index contributed by atoms with van der Waals surface area (Å²) < 4.78 is 17.4. The number of nitrogens with zero attached hydrogens (tertiary/aromatic N) is 1. The predicted molar refractivity (Wildman–Crippen MR) is 104 cm³/mol. The molecule has 0 radical (unpaired) electrons. The first-order valence-electron chi connectivity index (χ1n) is 9.25. The number of benzene rings is 2. The third-order valence-electron chi connectivity index (χ3n) is 5.03. The molecule has 1 aromatic heterocycles. The number of para-hydroxylation sites is 2. The number of aryl methyl sites for hydroxylation is 2. The van der Waals surface area contributed by atoms with E-state index in [2.05, 4.69) is 0 Å². The Morgan fingerprint density at radius 3 is 2.63 bits per heavy atom. The molecule has 0 N–H and O–H groups in total. The van der Waals surface area contributed by atoms with Crippen LogP contribution >= 0.6 is 0 Å². The summed E-state index contributed by atoms with van der Waals surface area (Å²) in [6.07, 6.45) is 0. The van der Waals surface area contributed by atoms with E-state index in [0.29, 0.717) is 32.1 Å². The van der Waals surface area contributed by atoms with E-state index in [1.807, 2.05) is 57.2 Å². The topological polar surface area (TPSA) is 51.9 Å². The molecule has 140 valence electrons. The number of hydrogen-bond acceptors (Lipinski definition) is 4. The number of ether oxygens (including phenoxy) is 2. The quantitative estimate of drug-likeness (QED) is 0.684. The Morgan fingerprint density at radius 1 is 1.07 bits per heavy atom. The molecule has 0 unspecified atom stereocenters. The highest BCUT2D eigenvalue weighted by atomic mass is 16.6. The number of rotatable bonds is 4. The van der Waals surface area contributed by atoms with Crippen LogP contribution in [0.2, 0.25) is 0 Å². The highest BCUT2D eigenvalue weighted by Crippen LogP contribution is 2.35. The largest absolute Gasteiger partial charge is 0.486 e. The summed E-state index contributed by atoms with van der Waals surface area (Å²) in [5.74, 6) is 1.76. The van der Waals surface area contributed by atoms with Crippen LogP contribution < -0.4 is 9.47 Å². The van der Waals surface area contributed by atoms with Crippen LogP contribution in [0.4, 0.5) is 0 Å². The van der Waals surface area contributed by atoms with Crippen LogP contribution in [0.25, 0.3) is 11.0 Å². The van der Waals surface area contributed by atoms with Crippen molar-refractivity contribution >= 4 is 16.9 Å². The summed E-state index contributed by atoms with van der Waals surface area (Å²) in [7, 11) is 0. The van der Waals surface area contributed by atoms with E-state index in [1.54, 1.807) is 4.90 Å². The lowest BCUT2D eigenvalue weighted by atomic mass is 10.1. The molecule has 1 aliphatic heterocycles. The molecule has 0 aliphatic carbocycles. The molecule has 2 heterocycles. The van der Waals surface area contributed by atoms with Gasteiger partial charge in [-0.15, -0.1) is 0 Å². The normalized spacial score (nSPS) is 13.0. The number of carbonyl (C=O) groups excluding carboxylic acids is 1. The van der Waals surface area contributed by atoms with Crippen LogP contribution in [0.5, 0.6) is 11.5 Å². The summed E-state index contributed by atoms with van der Waals surface area (Å²) in [6, 6.07) is 11.8. The van der Waals surface area contributed by atoms with Crippen molar-refractivity contribution in [3.05, 3.63) is 58.8 Å².